The van der Waals surface area contributed by atoms with Gasteiger partial charge in [-0.3, -0.25) is 9.20 Å². The number of anilines is 1. The lowest BCUT2D eigenvalue weighted by molar-refractivity contribution is -0.0267. The van der Waals surface area contributed by atoms with Gasteiger partial charge in [0.15, 0.2) is 11.4 Å². The van der Waals surface area contributed by atoms with Crippen LogP contribution in [0.15, 0.2) is 29.3 Å². The van der Waals surface area contributed by atoms with Gasteiger partial charge in [-0.15, -0.1) is 0 Å². The number of hydrogen-bond donors (Lipinski definition) is 1. The Bertz CT molecular complexity index is 995. The maximum atomic E-state index is 13.2. The predicted octanol–water partition coefficient (Wildman–Crippen LogP) is 4.21. The molecule has 1 aliphatic heterocycles. The molecule has 3 rings (SSSR count). The molecule has 2 aromatic heterocycles. The van der Waals surface area contributed by atoms with Gasteiger partial charge in [0.05, 0.1) is 18.1 Å². The zero-order chi connectivity index (χ0) is 23.1. The minimum atomic E-state index is -2.84. The molecule has 1 N–H and O–H groups in total. The quantitative estimate of drug-likeness (QED) is 0.711. The van der Waals surface area contributed by atoms with Gasteiger partial charge in [0, 0.05) is 24.0 Å². The first-order chi connectivity index (χ1) is 14.1. The number of nitriles is 1. The maximum absolute atomic E-state index is 13.2. The second kappa shape index (κ2) is 10.8. The maximum Gasteiger partial charge on any atom is 0.282 e. The summed E-state index contributed by atoms with van der Waals surface area (Å²) < 4.78 is 46.8. The van der Waals surface area contributed by atoms with Gasteiger partial charge in [-0.1, -0.05) is 32.0 Å². The highest BCUT2D eigenvalue weighted by Gasteiger charge is 2.45. The van der Waals surface area contributed by atoms with E-state index in [0.29, 0.717) is 22.8 Å². The molecule has 11 heteroatoms. The fourth-order valence-corrected chi connectivity index (χ4v) is 2.85. The largest absolute Gasteiger partial charge is 0.385 e. The summed E-state index contributed by atoms with van der Waals surface area (Å²) >= 11 is 6.05. The molecule has 3 heterocycles. The highest BCUT2D eigenvalue weighted by molar-refractivity contribution is 6.30. The second-order valence-electron chi connectivity index (χ2n) is 6.05. The van der Waals surface area contributed by atoms with E-state index in [-0.39, 0.29) is 17.0 Å². The van der Waals surface area contributed by atoms with E-state index in [9.17, 15) is 27.6 Å². The van der Waals surface area contributed by atoms with Crippen molar-refractivity contribution < 1.29 is 17.6 Å². The van der Waals surface area contributed by atoms with Crippen molar-refractivity contribution in [1.29, 1.82) is 5.26 Å². The number of pyridine rings is 1. The van der Waals surface area contributed by atoms with Crippen molar-refractivity contribution in [2.45, 2.75) is 33.2 Å². The smallest absolute Gasteiger partial charge is 0.282 e. The van der Waals surface area contributed by atoms with Crippen LogP contribution in [0.1, 0.15) is 31.9 Å². The number of nitrogens with zero attached hydrogens (tertiary/aromatic N) is 4. The van der Waals surface area contributed by atoms with Crippen LogP contribution in [-0.4, -0.2) is 35.3 Å². The molecule has 0 bridgehead atoms. The van der Waals surface area contributed by atoms with E-state index in [1.165, 1.54) is 11.1 Å². The average molecular weight is 448 g/mol. The summed E-state index contributed by atoms with van der Waals surface area (Å²) in [6.07, 6.45) is 1.35. The number of allylic oxidation sites excluding steroid dienone is 1. The Kier molecular flexibility index (Phi) is 9.11. The fourth-order valence-electron chi connectivity index (χ4n) is 2.63. The third-order valence-electron chi connectivity index (χ3n) is 3.78. The minimum Gasteiger partial charge on any atom is -0.385 e. The first kappa shape index (κ1) is 25.2. The zero-order valence-electron chi connectivity index (χ0n) is 16.8. The van der Waals surface area contributed by atoms with E-state index in [1.54, 1.807) is 19.1 Å². The lowest BCUT2D eigenvalue weighted by Gasteiger charge is -2.39. The van der Waals surface area contributed by atoms with Crippen LogP contribution in [0.4, 0.5) is 23.4 Å². The Balaban J connectivity index is 0.000000826. The molecule has 164 valence electrons. The van der Waals surface area contributed by atoms with Crippen molar-refractivity contribution in [3.05, 3.63) is 51.0 Å². The third-order valence-corrected chi connectivity index (χ3v) is 3.99. The summed E-state index contributed by atoms with van der Waals surface area (Å²) in [6, 6.07) is 3.39. The molecule has 30 heavy (non-hydrogen) atoms. The SMILES string of the molecule is C=C(C)NCc1cc(Cl)cn2c(=O)c(C#N)c(N3CC(F)(F)C3)nc12.CC.FCF. The van der Waals surface area contributed by atoms with Gasteiger partial charge in [0.1, 0.15) is 11.7 Å². The molecular formula is C19H22ClF4N5O. The zero-order valence-corrected chi connectivity index (χ0v) is 17.5. The van der Waals surface area contributed by atoms with Crippen LogP contribution in [0, 0.1) is 11.3 Å². The van der Waals surface area contributed by atoms with Crippen LogP contribution in [0.5, 0.6) is 0 Å². The molecule has 1 fully saturated rings. The van der Waals surface area contributed by atoms with Gasteiger partial charge in [0.25, 0.3) is 11.5 Å². The number of fused-ring (bicyclic) bond motifs is 1. The van der Waals surface area contributed by atoms with Crippen LogP contribution < -0.4 is 15.8 Å². The van der Waals surface area contributed by atoms with E-state index in [0.717, 1.165) is 4.40 Å². The van der Waals surface area contributed by atoms with Crippen molar-refractivity contribution in [3.8, 4) is 6.07 Å². The van der Waals surface area contributed by atoms with Gasteiger partial charge >= 0.3 is 0 Å². The van der Waals surface area contributed by atoms with Crippen molar-refractivity contribution >= 4 is 23.1 Å². The van der Waals surface area contributed by atoms with Crippen molar-refractivity contribution in [1.82, 2.24) is 14.7 Å². The Morgan fingerprint density at radius 1 is 1.40 bits per heavy atom. The summed E-state index contributed by atoms with van der Waals surface area (Å²) in [4.78, 5) is 18.2. The second-order valence-corrected chi connectivity index (χ2v) is 6.49. The molecule has 0 saturated carbocycles. The monoisotopic (exact) mass is 447 g/mol. The van der Waals surface area contributed by atoms with Crippen LogP contribution >= 0.6 is 11.6 Å². The highest BCUT2D eigenvalue weighted by Crippen LogP contribution is 2.32. The Hall–Kier alpha value is -2.80. The fraction of sp³-hybridized carbons (Fsp3) is 0.421. The molecule has 0 aliphatic carbocycles. The molecule has 0 unspecified atom stereocenters. The molecular weight excluding hydrogens is 426 g/mol. The Morgan fingerprint density at radius 3 is 2.43 bits per heavy atom. The van der Waals surface area contributed by atoms with E-state index in [2.05, 4.69) is 16.9 Å². The minimum absolute atomic E-state index is 0.0303. The van der Waals surface area contributed by atoms with E-state index < -0.39 is 31.5 Å². The molecule has 0 aromatic carbocycles. The summed E-state index contributed by atoms with van der Waals surface area (Å²) in [7, 11) is 0. The Labute approximate surface area is 176 Å². The lowest BCUT2D eigenvalue weighted by atomic mass is 10.1. The molecule has 0 atom stereocenters. The van der Waals surface area contributed by atoms with Crippen LogP contribution in [0.2, 0.25) is 5.02 Å². The third kappa shape index (κ3) is 5.86. The first-order valence-electron chi connectivity index (χ1n) is 8.92. The predicted molar refractivity (Wildman–Crippen MR) is 108 cm³/mol. The number of nitrogens with one attached hydrogen (secondary N) is 1. The van der Waals surface area contributed by atoms with Crippen LogP contribution in [0.3, 0.4) is 0 Å². The van der Waals surface area contributed by atoms with E-state index in [1.807, 2.05) is 13.8 Å². The van der Waals surface area contributed by atoms with E-state index in [4.69, 9.17) is 11.6 Å². The highest BCUT2D eigenvalue weighted by atomic mass is 35.5. The number of rotatable bonds is 4. The molecule has 0 spiro atoms. The van der Waals surface area contributed by atoms with Crippen molar-refractivity contribution in [3.63, 3.8) is 0 Å². The standard InChI is InChI=1S/C16H14ClF2N5O.C2H6.CH2F2/c1-9(2)21-5-10-3-11(17)6-24-13(10)22-14(12(4-20)15(24)25)23-7-16(18,19)8-23;1-2;2-1-3/h3,6,21H,1,5,7-8H2,2H3;1-2H3;1H2. The number of alkyl halides is 4. The summed E-state index contributed by atoms with van der Waals surface area (Å²) in [5, 5.41) is 12.6. The summed E-state index contributed by atoms with van der Waals surface area (Å²) in [6.45, 7) is 6.91. The number of aromatic nitrogens is 2. The van der Waals surface area contributed by atoms with Gasteiger partial charge in [-0.2, -0.15) is 5.26 Å². The average Bonchev–Trinajstić information content (AvgIpc) is 2.66. The first-order valence-corrected chi connectivity index (χ1v) is 9.30. The van der Waals surface area contributed by atoms with Crippen molar-refractivity contribution in [2.75, 3.05) is 24.9 Å². The van der Waals surface area contributed by atoms with Gasteiger partial charge < -0.3 is 10.2 Å². The van der Waals surface area contributed by atoms with Gasteiger partial charge in [-0.05, 0) is 13.0 Å². The van der Waals surface area contributed by atoms with Gasteiger partial charge in [0.2, 0.25) is 6.93 Å². The molecule has 0 amide bonds. The normalized spacial score (nSPS) is 13.8. The topological polar surface area (TPSA) is 73.4 Å². The van der Waals surface area contributed by atoms with Crippen LogP contribution in [-0.2, 0) is 6.54 Å². The van der Waals surface area contributed by atoms with Crippen molar-refractivity contribution in [2.24, 2.45) is 0 Å². The summed E-state index contributed by atoms with van der Waals surface area (Å²) in [5.74, 6) is -2.87. The number of halogens is 5. The molecule has 1 aliphatic rings. The number of hydrogen-bond acceptors (Lipinski definition) is 5. The molecule has 2 aromatic rings. The lowest BCUT2D eigenvalue weighted by Crippen LogP contribution is -2.57. The van der Waals surface area contributed by atoms with Gasteiger partial charge in [-0.25, -0.2) is 22.5 Å². The molecule has 1 saturated heterocycles. The molecule has 0 radical (unpaired) electrons. The van der Waals surface area contributed by atoms with E-state index >= 15 is 0 Å². The molecule has 6 nitrogen and oxygen atoms in total. The Morgan fingerprint density at radius 2 is 1.97 bits per heavy atom. The van der Waals surface area contributed by atoms with Crippen LogP contribution in [0.25, 0.3) is 5.65 Å². The summed E-state index contributed by atoms with van der Waals surface area (Å²) in [5.41, 5.74) is 0.626.